The van der Waals surface area contributed by atoms with Crippen LogP contribution in [0.4, 0.5) is 0 Å². The topological polar surface area (TPSA) is 64.7 Å². The molecule has 4 rings (SSSR count). The van der Waals surface area contributed by atoms with Crippen molar-refractivity contribution in [1.29, 1.82) is 0 Å². The lowest BCUT2D eigenvalue weighted by Crippen LogP contribution is -2.06. The Hall–Kier alpha value is -2.40. The third kappa shape index (κ3) is 2.80. The summed E-state index contributed by atoms with van der Waals surface area (Å²) in [5, 5.41) is 0.500. The number of carbonyl (C=O) groups excluding carboxylic acids is 1. The average Bonchev–Trinajstić information content (AvgIpc) is 2.94. The van der Waals surface area contributed by atoms with E-state index in [1.54, 1.807) is 18.2 Å². The van der Waals surface area contributed by atoms with Gasteiger partial charge in [-0.25, -0.2) is 9.79 Å². The Kier molecular flexibility index (Phi) is 3.31. The summed E-state index contributed by atoms with van der Waals surface area (Å²) in [6.07, 6.45) is 4.26. The van der Waals surface area contributed by atoms with Crippen molar-refractivity contribution in [3.05, 3.63) is 58.4 Å². The third-order valence-electron chi connectivity index (χ3n) is 3.96. The number of aliphatic imine (C=N–C) groups is 1. The van der Waals surface area contributed by atoms with E-state index in [4.69, 9.17) is 20.8 Å². The molecule has 0 unspecified atom stereocenters. The molecular formula is C17H13ClN2O3. The van der Waals surface area contributed by atoms with Gasteiger partial charge in [-0.15, -0.1) is 0 Å². The van der Waals surface area contributed by atoms with Crippen molar-refractivity contribution in [2.45, 2.75) is 19.3 Å². The number of esters is 1. The number of ether oxygens (including phenoxy) is 1. The highest BCUT2D eigenvalue weighted by atomic mass is 35.5. The van der Waals surface area contributed by atoms with E-state index in [-0.39, 0.29) is 11.6 Å². The highest BCUT2D eigenvalue weighted by Gasteiger charge is 2.36. The molecule has 1 saturated carbocycles. The summed E-state index contributed by atoms with van der Waals surface area (Å²) in [4.78, 5) is 20.2. The summed E-state index contributed by atoms with van der Waals surface area (Å²) in [5.41, 5.74) is 0.604. The second-order valence-corrected chi connectivity index (χ2v) is 6.19. The second kappa shape index (κ2) is 5.35. The summed E-state index contributed by atoms with van der Waals surface area (Å²) in [7, 11) is 0. The smallest absolute Gasteiger partial charge is 0.364 e. The van der Waals surface area contributed by atoms with Crippen molar-refractivity contribution in [3.8, 4) is 0 Å². The fourth-order valence-corrected chi connectivity index (χ4v) is 2.70. The molecule has 23 heavy (non-hydrogen) atoms. The molecule has 0 aromatic carbocycles. The van der Waals surface area contributed by atoms with E-state index in [9.17, 15) is 4.79 Å². The lowest BCUT2D eigenvalue weighted by Gasteiger charge is -1.97. The first-order chi connectivity index (χ1) is 11.1. The van der Waals surface area contributed by atoms with Gasteiger partial charge in [-0.2, -0.15) is 0 Å². The number of cyclic esters (lactones) is 1. The number of aromatic nitrogens is 1. The molecule has 0 amide bonds. The Morgan fingerprint density at radius 1 is 1.35 bits per heavy atom. The molecule has 2 aromatic heterocycles. The van der Waals surface area contributed by atoms with Crippen LogP contribution in [-0.2, 0) is 9.53 Å². The van der Waals surface area contributed by atoms with E-state index in [1.165, 1.54) is 6.20 Å². The SMILES string of the molecule is C[C@@H]1C[C@@H]1c1ccc(/C=C2\N=C(c3cc(Cl)ccn3)OC2=O)o1. The predicted octanol–water partition coefficient (Wildman–Crippen LogP) is 3.80. The van der Waals surface area contributed by atoms with Crippen molar-refractivity contribution in [2.75, 3.05) is 0 Å². The van der Waals surface area contributed by atoms with Crippen LogP contribution in [0.2, 0.25) is 5.02 Å². The molecule has 2 aliphatic rings. The van der Waals surface area contributed by atoms with Crippen LogP contribution >= 0.6 is 11.6 Å². The van der Waals surface area contributed by atoms with Crippen LogP contribution in [-0.4, -0.2) is 16.9 Å². The Labute approximate surface area is 137 Å². The maximum atomic E-state index is 11.9. The zero-order valence-corrected chi connectivity index (χ0v) is 13.1. The number of hydrogen-bond donors (Lipinski definition) is 0. The number of pyridine rings is 1. The Morgan fingerprint density at radius 2 is 2.17 bits per heavy atom. The normalized spacial score (nSPS) is 24.7. The van der Waals surface area contributed by atoms with Crippen LogP contribution in [0.25, 0.3) is 6.08 Å². The lowest BCUT2D eigenvalue weighted by molar-refractivity contribution is -0.129. The van der Waals surface area contributed by atoms with Gasteiger partial charge in [0.15, 0.2) is 5.70 Å². The molecule has 0 radical (unpaired) electrons. The summed E-state index contributed by atoms with van der Waals surface area (Å²) < 4.78 is 10.9. The molecule has 1 aliphatic heterocycles. The summed E-state index contributed by atoms with van der Waals surface area (Å²) in [5.74, 6) is 2.32. The standard InChI is InChI=1S/C17H13ClN2O3/c1-9-6-12(9)15-3-2-11(22-15)8-14-17(21)23-16(20-14)13-7-10(18)4-5-19-13/h2-5,7-9,12H,6H2,1H3/b14-8-/t9-,12+/m1/s1. The molecule has 116 valence electrons. The average molecular weight is 329 g/mol. The Bertz CT molecular complexity index is 853. The maximum absolute atomic E-state index is 11.9. The van der Waals surface area contributed by atoms with Crippen LogP contribution in [0, 0.1) is 5.92 Å². The van der Waals surface area contributed by atoms with E-state index >= 15 is 0 Å². The van der Waals surface area contributed by atoms with Gasteiger partial charge in [-0.1, -0.05) is 18.5 Å². The fourth-order valence-electron chi connectivity index (χ4n) is 2.54. The number of hydrogen-bond acceptors (Lipinski definition) is 5. The summed E-state index contributed by atoms with van der Waals surface area (Å²) >= 11 is 5.91. The van der Waals surface area contributed by atoms with Crippen LogP contribution in [0.15, 0.2) is 45.6 Å². The first-order valence-corrected chi connectivity index (χ1v) is 7.72. The Morgan fingerprint density at radius 3 is 2.91 bits per heavy atom. The Balaban J connectivity index is 1.60. The summed E-state index contributed by atoms with van der Waals surface area (Å²) in [6.45, 7) is 2.19. The molecule has 1 fully saturated rings. The van der Waals surface area contributed by atoms with Crippen LogP contribution in [0.3, 0.4) is 0 Å². The monoisotopic (exact) mass is 328 g/mol. The van der Waals surface area contributed by atoms with E-state index < -0.39 is 5.97 Å². The minimum Gasteiger partial charge on any atom is -0.461 e. The number of furan rings is 1. The molecule has 1 aliphatic carbocycles. The van der Waals surface area contributed by atoms with Gasteiger partial charge in [0, 0.05) is 23.2 Å². The fraction of sp³-hybridized carbons (Fsp3) is 0.235. The lowest BCUT2D eigenvalue weighted by atomic mass is 10.3. The number of carbonyl (C=O) groups is 1. The summed E-state index contributed by atoms with van der Waals surface area (Å²) in [6, 6.07) is 7.02. The molecule has 5 nitrogen and oxygen atoms in total. The van der Waals surface area contributed by atoms with Gasteiger partial charge in [0.2, 0.25) is 5.90 Å². The molecule has 6 heteroatoms. The molecule has 0 spiro atoms. The van der Waals surface area contributed by atoms with Crippen molar-refractivity contribution in [3.63, 3.8) is 0 Å². The van der Waals surface area contributed by atoms with E-state index in [0.29, 0.717) is 28.3 Å². The highest BCUT2D eigenvalue weighted by molar-refractivity contribution is 6.31. The van der Waals surface area contributed by atoms with Crippen molar-refractivity contribution in [2.24, 2.45) is 10.9 Å². The van der Waals surface area contributed by atoms with Crippen molar-refractivity contribution >= 4 is 29.5 Å². The van der Waals surface area contributed by atoms with Gasteiger partial charge in [-0.05, 0) is 36.6 Å². The van der Waals surface area contributed by atoms with Gasteiger partial charge in [-0.3, -0.25) is 4.98 Å². The molecule has 2 atom stereocenters. The van der Waals surface area contributed by atoms with E-state index in [2.05, 4.69) is 16.9 Å². The maximum Gasteiger partial charge on any atom is 0.364 e. The minimum absolute atomic E-state index is 0.145. The molecular weight excluding hydrogens is 316 g/mol. The highest BCUT2D eigenvalue weighted by Crippen LogP contribution is 2.47. The van der Waals surface area contributed by atoms with Crippen molar-refractivity contribution < 1.29 is 13.9 Å². The molecule has 2 aromatic rings. The van der Waals surface area contributed by atoms with E-state index in [0.717, 1.165) is 12.2 Å². The van der Waals surface area contributed by atoms with Gasteiger partial charge in [0.25, 0.3) is 0 Å². The number of halogens is 1. The number of rotatable bonds is 3. The molecule has 0 bridgehead atoms. The van der Waals surface area contributed by atoms with Gasteiger partial charge >= 0.3 is 5.97 Å². The predicted molar refractivity (Wildman–Crippen MR) is 85.1 cm³/mol. The van der Waals surface area contributed by atoms with Crippen LogP contribution in [0.1, 0.15) is 36.5 Å². The largest absolute Gasteiger partial charge is 0.461 e. The number of nitrogens with zero attached hydrogens (tertiary/aromatic N) is 2. The first kappa shape index (κ1) is 14.2. The van der Waals surface area contributed by atoms with Gasteiger partial charge in [0.05, 0.1) is 0 Å². The molecule has 0 saturated heterocycles. The van der Waals surface area contributed by atoms with Gasteiger partial charge < -0.3 is 9.15 Å². The van der Waals surface area contributed by atoms with Crippen LogP contribution < -0.4 is 0 Å². The van der Waals surface area contributed by atoms with Gasteiger partial charge in [0.1, 0.15) is 17.2 Å². The first-order valence-electron chi connectivity index (χ1n) is 7.34. The zero-order chi connectivity index (χ0) is 16.0. The minimum atomic E-state index is -0.528. The zero-order valence-electron chi connectivity index (χ0n) is 12.3. The van der Waals surface area contributed by atoms with E-state index in [1.807, 2.05) is 12.1 Å². The third-order valence-corrected chi connectivity index (χ3v) is 4.20. The quantitative estimate of drug-likeness (QED) is 0.635. The van der Waals surface area contributed by atoms with Crippen LogP contribution in [0.5, 0.6) is 0 Å². The second-order valence-electron chi connectivity index (χ2n) is 5.75. The van der Waals surface area contributed by atoms with Crippen molar-refractivity contribution in [1.82, 2.24) is 4.98 Å². The molecule has 3 heterocycles. The molecule has 0 N–H and O–H groups in total.